The Bertz CT molecular complexity index is 903. The first kappa shape index (κ1) is 19.5. The molecule has 0 radical (unpaired) electrons. The lowest BCUT2D eigenvalue weighted by Crippen LogP contribution is -2.41. The van der Waals surface area contributed by atoms with E-state index in [1.807, 2.05) is 30.3 Å². The number of morpholine rings is 1. The number of amides is 1. The number of carbonyl (C=O) groups excluding carboxylic acids is 1. The molecule has 2 heterocycles. The highest BCUT2D eigenvalue weighted by Crippen LogP contribution is 2.24. The predicted octanol–water partition coefficient (Wildman–Crippen LogP) is 0.837. The highest BCUT2D eigenvalue weighted by atomic mass is 32.2. The minimum atomic E-state index is -3.66. The number of hydrogen-bond donors (Lipinski definition) is 1. The summed E-state index contributed by atoms with van der Waals surface area (Å²) < 4.78 is 34.0. The second kappa shape index (κ2) is 8.20. The van der Waals surface area contributed by atoms with Crippen LogP contribution in [-0.2, 0) is 32.6 Å². The van der Waals surface area contributed by atoms with Crippen LogP contribution in [0.3, 0.4) is 0 Å². The third-order valence-corrected chi connectivity index (χ3v) is 6.66. The minimum absolute atomic E-state index is 0.0296. The van der Waals surface area contributed by atoms with Crippen molar-refractivity contribution in [2.75, 3.05) is 26.3 Å². The molecule has 1 aromatic carbocycles. The van der Waals surface area contributed by atoms with Crippen molar-refractivity contribution >= 4 is 15.9 Å². The molecule has 3 rings (SSSR count). The predicted molar refractivity (Wildman–Crippen MR) is 99.6 cm³/mol. The van der Waals surface area contributed by atoms with E-state index in [1.54, 1.807) is 13.8 Å². The van der Waals surface area contributed by atoms with Crippen molar-refractivity contribution in [2.45, 2.75) is 31.8 Å². The molecule has 1 aromatic heterocycles. The SMILES string of the molecule is Cc1nn(CC(=O)NCc2ccccc2)c(C)c1S(=O)(=O)N1CCOCC1. The summed E-state index contributed by atoms with van der Waals surface area (Å²) >= 11 is 0. The van der Waals surface area contributed by atoms with Gasteiger partial charge in [0, 0.05) is 19.6 Å². The summed E-state index contributed by atoms with van der Waals surface area (Å²) in [5.41, 5.74) is 1.86. The molecular weight excluding hydrogens is 368 g/mol. The van der Waals surface area contributed by atoms with Crippen LogP contribution < -0.4 is 5.32 Å². The number of aromatic nitrogens is 2. The van der Waals surface area contributed by atoms with Crippen LogP contribution in [0.1, 0.15) is 17.0 Å². The lowest BCUT2D eigenvalue weighted by molar-refractivity contribution is -0.122. The monoisotopic (exact) mass is 392 g/mol. The van der Waals surface area contributed by atoms with Gasteiger partial charge in [0.2, 0.25) is 15.9 Å². The Morgan fingerprint density at radius 2 is 1.85 bits per heavy atom. The topological polar surface area (TPSA) is 93.5 Å². The summed E-state index contributed by atoms with van der Waals surface area (Å²) in [5, 5.41) is 7.11. The van der Waals surface area contributed by atoms with Crippen LogP contribution in [-0.4, -0.2) is 54.7 Å². The summed E-state index contributed by atoms with van der Waals surface area (Å²) in [6, 6.07) is 9.58. The molecule has 1 aliphatic rings. The fourth-order valence-corrected chi connectivity index (χ4v) is 4.89. The van der Waals surface area contributed by atoms with Gasteiger partial charge in [0.15, 0.2) is 0 Å². The largest absolute Gasteiger partial charge is 0.379 e. The summed E-state index contributed by atoms with van der Waals surface area (Å²) in [7, 11) is -3.66. The molecule has 0 bridgehead atoms. The van der Waals surface area contributed by atoms with Crippen molar-refractivity contribution in [1.82, 2.24) is 19.4 Å². The van der Waals surface area contributed by atoms with Crippen LogP contribution in [0.5, 0.6) is 0 Å². The van der Waals surface area contributed by atoms with Gasteiger partial charge in [-0.1, -0.05) is 30.3 Å². The lowest BCUT2D eigenvalue weighted by Gasteiger charge is -2.26. The summed E-state index contributed by atoms with van der Waals surface area (Å²) in [6.07, 6.45) is 0. The number of aryl methyl sites for hydroxylation is 1. The molecule has 1 saturated heterocycles. The molecule has 0 spiro atoms. The van der Waals surface area contributed by atoms with E-state index in [0.29, 0.717) is 44.2 Å². The number of nitrogens with one attached hydrogen (secondary N) is 1. The minimum Gasteiger partial charge on any atom is -0.379 e. The number of benzene rings is 1. The Morgan fingerprint density at radius 3 is 2.52 bits per heavy atom. The smallest absolute Gasteiger partial charge is 0.246 e. The summed E-state index contributed by atoms with van der Waals surface area (Å²) in [4.78, 5) is 12.4. The van der Waals surface area contributed by atoms with Gasteiger partial charge in [0.05, 0.1) is 24.6 Å². The van der Waals surface area contributed by atoms with Gasteiger partial charge >= 0.3 is 0 Å². The molecule has 1 N–H and O–H groups in total. The number of ether oxygens (including phenoxy) is 1. The van der Waals surface area contributed by atoms with E-state index in [9.17, 15) is 13.2 Å². The van der Waals surface area contributed by atoms with Crippen molar-refractivity contribution in [1.29, 1.82) is 0 Å². The molecule has 0 unspecified atom stereocenters. The first-order valence-corrected chi connectivity index (χ1v) is 10.3. The summed E-state index contributed by atoms with van der Waals surface area (Å²) in [5.74, 6) is -0.222. The van der Waals surface area contributed by atoms with Crippen molar-refractivity contribution < 1.29 is 17.9 Å². The Kier molecular flexibility index (Phi) is 5.93. The van der Waals surface area contributed by atoms with E-state index in [0.717, 1.165) is 5.56 Å². The van der Waals surface area contributed by atoms with Crippen LogP contribution in [0.4, 0.5) is 0 Å². The van der Waals surface area contributed by atoms with Crippen molar-refractivity contribution in [2.24, 2.45) is 0 Å². The number of carbonyl (C=O) groups is 1. The van der Waals surface area contributed by atoms with Crippen LogP contribution in [0.2, 0.25) is 0 Å². The molecule has 1 amide bonds. The van der Waals surface area contributed by atoms with E-state index >= 15 is 0 Å². The first-order valence-electron chi connectivity index (χ1n) is 8.82. The van der Waals surface area contributed by atoms with Crippen molar-refractivity contribution in [3.63, 3.8) is 0 Å². The average molecular weight is 392 g/mol. The normalized spacial score (nSPS) is 15.6. The Labute approximate surface area is 159 Å². The van der Waals surface area contributed by atoms with Crippen LogP contribution >= 0.6 is 0 Å². The maximum absolute atomic E-state index is 13.0. The molecule has 0 saturated carbocycles. The number of rotatable bonds is 6. The molecule has 0 aliphatic carbocycles. The number of sulfonamides is 1. The van der Waals surface area contributed by atoms with E-state index in [1.165, 1.54) is 8.99 Å². The van der Waals surface area contributed by atoms with Crippen LogP contribution in [0, 0.1) is 13.8 Å². The molecule has 27 heavy (non-hydrogen) atoms. The zero-order valence-electron chi connectivity index (χ0n) is 15.5. The molecule has 1 fully saturated rings. The molecule has 146 valence electrons. The zero-order valence-corrected chi connectivity index (χ0v) is 16.3. The van der Waals surface area contributed by atoms with E-state index in [2.05, 4.69) is 10.4 Å². The van der Waals surface area contributed by atoms with E-state index in [4.69, 9.17) is 4.74 Å². The quantitative estimate of drug-likeness (QED) is 0.786. The Hall–Kier alpha value is -2.23. The number of hydrogen-bond acceptors (Lipinski definition) is 5. The van der Waals surface area contributed by atoms with Gasteiger partial charge in [-0.2, -0.15) is 9.40 Å². The standard InChI is InChI=1S/C18H24N4O4S/c1-14-18(27(24,25)21-8-10-26-11-9-21)15(2)22(20-14)13-17(23)19-12-16-6-4-3-5-7-16/h3-7H,8-13H2,1-2H3,(H,19,23). The van der Waals surface area contributed by atoms with Gasteiger partial charge in [0.25, 0.3) is 0 Å². The number of nitrogens with zero attached hydrogens (tertiary/aromatic N) is 3. The third-order valence-electron chi connectivity index (χ3n) is 4.51. The van der Waals surface area contributed by atoms with Gasteiger partial charge in [-0.15, -0.1) is 0 Å². The highest BCUT2D eigenvalue weighted by Gasteiger charge is 2.32. The Balaban J connectivity index is 1.72. The fourth-order valence-electron chi connectivity index (χ4n) is 3.11. The average Bonchev–Trinajstić information content (AvgIpc) is 2.95. The second-order valence-corrected chi connectivity index (χ2v) is 8.31. The third kappa shape index (κ3) is 4.37. The first-order chi connectivity index (χ1) is 12.9. The summed E-state index contributed by atoms with van der Waals surface area (Å²) in [6.45, 7) is 5.13. The Morgan fingerprint density at radius 1 is 1.19 bits per heavy atom. The van der Waals surface area contributed by atoms with Crippen LogP contribution in [0.15, 0.2) is 35.2 Å². The molecule has 0 atom stereocenters. The highest BCUT2D eigenvalue weighted by molar-refractivity contribution is 7.89. The van der Waals surface area contributed by atoms with Crippen LogP contribution in [0.25, 0.3) is 0 Å². The van der Waals surface area contributed by atoms with Gasteiger partial charge in [-0.05, 0) is 19.4 Å². The molecule has 2 aromatic rings. The van der Waals surface area contributed by atoms with Crippen molar-refractivity contribution in [3.8, 4) is 0 Å². The maximum Gasteiger partial charge on any atom is 0.246 e. The van der Waals surface area contributed by atoms with Gasteiger partial charge in [-0.3, -0.25) is 9.48 Å². The molecule has 8 nitrogen and oxygen atoms in total. The van der Waals surface area contributed by atoms with E-state index in [-0.39, 0.29) is 17.3 Å². The zero-order chi connectivity index (χ0) is 19.4. The molecule has 9 heteroatoms. The van der Waals surface area contributed by atoms with Gasteiger partial charge in [0.1, 0.15) is 11.4 Å². The lowest BCUT2D eigenvalue weighted by atomic mass is 10.2. The van der Waals surface area contributed by atoms with E-state index < -0.39 is 10.0 Å². The maximum atomic E-state index is 13.0. The molecular formula is C18H24N4O4S. The van der Waals surface area contributed by atoms with Gasteiger partial charge < -0.3 is 10.1 Å². The van der Waals surface area contributed by atoms with Crippen molar-refractivity contribution in [3.05, 3.63) is 47.3 Å². The van der Waals surface area contributed by atoms with Gasteiger partial charge in [-0.25, -0.2) is 8.42 Å². The second-order valence-electron chi connectivity index (χ2n) is 6.44. The molecule has 1 aliphatic heterocycles. The fraction of sp³-hybridized carbons (Fsp3) is 0.444.